The van der Waals surface area contributed by atoms with Gasteiger partial charge in [0.05, 0.1) is 31.1 Å². The molecule has 1 N–H and O–H groups in total. The van der Waals surface area contributed by atoms with Crippen LogP contribution >= 0.6 is 0 Å². The van der Waals surface area contributed by atoms with Crippen LogP contribution in [0.1, 0.15) is 29.9 Å². The second kappa shape index (κ2) is 6.18. The fourth-order valence-electron chi connectivity index (χ4n) is 4.54. The molecule has 3 aromatic rings. The molecule has 2 aliphatic rings. The van der Waals surface area contributed by atoms with Crippen LogP contribution in [0.3, 0.4) is 0 Å². The van der Waals surface area contributed by atoms with E-state index in [9.17, 15) is 24.8 Å². The topological polar surface area (TPSA) is 130 Å². The number of imidazole rings is 1. The molecule has 2 atom stereocenters. The lowest BCUT2D eigenvalue weighted by Gasteiger charge is -2.26. The zero-order valence-corrected chi connectivity index (χ0v) is 15.8. The van der Waals surface area contributed by atoms with Crippen molar-refractivity contribution in [3.63, 3.8) is 0 Å². The number of nitriles is 1. The molecule has 0 spiro atoms. The minimum atomic E-state index is -0.988. The second-order valence-electron chi connectivity index (χ2n) is 7.20. The number of carbonyl (C=O) groups is 2. The third kappa shape index (κ3) is 2.17. The monoisotopic (exact) mass is 405 g/mol. The first kappa shape index (κ1) is 17.9. The van der Waals surface area contributed by atoms with E-state index in [-0.39, 0.29) is 29.9 Å². The Bertz CT molecular complexity index is 1350. The summed E-state index contributed by atoms with van der Waals surface area (Å²) in [5, 5.41) is 21.4. The average molecular weight is 405 g/mol. The fourth-order valence-corrected chi connectivity index (χ4v) is 4.54. The lowest BCUT2D eigenvalue weighted by atomic mass is 10.1. The Hall–Kier alpha value is -4.13. The van der Waals surface area contributed by atoms with E-state index in [1.165, 1.54) is 15.7 Å². The van der Waals surface area contributed by atoms with Crippen LogP contribution in [-0.4, -0.2) is 49.7 Å². The number of nitrogens with zero attached hydrogens (tertiary/aromatic N) is 5. The maximum atomic E-state index is 13.2. The molecule has 1 unspecified atom stereocenters. The Balaban J connectivity index is 1.69. The maximum Gasteiger partial charge on any atom is 0.396 e. The van der Waals surface area contributed by atoms with Crippen molar-refractivity contribution < 1.29 is 19.4 Å². The van der Waals surface area contributed by atoms with Crippen molar-refractivity contribution in [2.75, 3.05) is 13.7 Å². The molecule has 1 fully saturated rings. The molecule has 10 nitrogen and oxygen atoms in total. The number of carbonyl (C=O) groups excluding carboxylic acids is 2. The maximum absolute atomic E-state index is 13.2. The van der Waals surface area contributed by atoms with Crippen molar-refractivity contribution in [3.05, 3.63) is 52.3 Å². The number of rotatable bonds is 1. The number of methoxy groups -OCH3 is 1. The molecule has 10 heteroatoms. The number of likely N-dealkylation sites (tertiary alicyclic amines) is 1. The highest BCUT2D eigenvalue weighted by Gasteiger charge is 2.50. The highest BCUT2D eigenvalue weighted by atomic mass is 16.5. The third-order valence-corrected chi connectivity index (χ3v) is 5.80. The summed E-state index contributed by atoms with van der Waals surface area (Å²) in [6.45, 7) is 0.182. The predicted molar refractivity (Wildman–Crippen MR) is 102 cm³/mol. The van der Waals surface area contributed by atoms with E-state index < -0.39 is 23.6 Å². The Morgan fingerprint density at radius 2 is 2.03 bits per heavy atom. The van der Waals surface area contributed by atoms with Gasteiger partial charge in [-0.25, -0.2) is 19.1 Å². The van der Waals surface area contributed by atoms with Gasteiger partial charge in [-0.3, -0.25) is 9.36 Å². The van der Waals surface area contributed by atoms with Gasteiger partial charge < -0.3 is 14.7 Å². The van der Waals surface area contributed by atoms with Crippen molar-refractivity contribution >= 4 is 22.6 Å². The summed E-state index contributed by atoms with van der Waals surface area (Å²) in [5.41, 5.74) is 0.363. The van der Waals surface area contributed by atoms with E-state index in [1.807, 2.05) is 6.07 Å². The third-order valence-electron chi connectivity index (χ3n) is 5.80. The molecule has 150 valence electrons. The van der Waals surface area contributed by atoms with E-state index in [1.54, 1.807) is 24.3 Å². The van der Waals surface area contributed by atoms with Crippen LogP contribution in [0.5, 0.6) is 5.88 Å². The predicted octanol–water partition coefficient (Wildman–Crippen LogP) is 0.766. The second-order valence-corrected chi connectivity index (χ2v) is 7.20. The van der Waals surface area contributed by atoms with Gasteiger partial charge in [0.2, 0.25) is 5.88 Å². The minimum absolute atomic E-state index is 0.182. The molecule has 30 heavy (non-hydrogen) atoms. The number of hydrogen-bond donors (Lipinski definition) is 1. The number of benzene rings is 1. The molecule has 0 aliphatic carbocycles. The molecular formula is C20H15N5O5. The molecule has 0 radical (unpaired) electrons. The molecule has 5 rings (SSSR count). The largest absolute Gasteiger partial charge is 0.493 e. The molecule has 2 aromatic heterocycles. The minimum Gasteiger partial charge on any atom is -0.493 e. The van der Waals surface area contributed by atoms with Crippen LogP contribution in [0, 0.1) is 11.3 Å². The average Bonchev–Trinajstić information content (AvgIpc) is 3.43. The first-order valence-corrected chi connectivity index (χ1v) is 9.21. The van der Waals surface area contributed by atoms with Gasteiger partial charge in [-0.2, -0.15) is 5.26 Å². The van der Waals surface area contributed by atoms with Gasteiger partial charge in [-0.05, 0) is 6.42 Å². The summed E-state index contributed by atoms with van der Waals surface area (Å²) >= 11 is 0. The smallest absolute Gasteiger partial charge is 0.396 e. The number of esters is 1. The fraction of sp³-hybridized carbons (Fsp3) is 0.250. The summed E-state index contributed by atoms with van der Waals surface area (Å²) < 4.78 is 7.12. The van der Waals surface area contributed by atoms with Gasteiger partial charge in [0.1, 0.15) is 17.5 Å². The normalized spacial score (nSPS) is 19.0. The molecule has 4 heterocycles. The van der Waals surface area contributed by atoms with E-state index in [4.69, 9.17) is 0 Å². The van der Waals surface area contributed by atoms with E-state index in [0.29, 0.717) is 22.9 Å². The number of hydrogen-bond acceptors (Lipinski definition) is 7. The molecule has 0 saturated carbocycles. The lowest BCUT2D eigenvalue weighted by Crippen LogP contribution is -2.41. The van der Waals surface area contributed by atoms with E-state index in [0.717, 1.165) is 11.7 Å². The Labute approximate surface area is 169 Å². The number of ether oxygens (including phenoxy) is 1. The van der Waals surface area contributed by atoms with Crippen LogP contribution in [0.4, 0.5) is 0 Å². The van der Waals surface area contributed by atoms with E-state index >= 15 is 0 Å². The number of fused-ring (bicyclic) bond motifs is 6. The summed E-state index contributed by atoms with van der Waals surface area (Å²) in [4.78, 5) is 42.7. The lowest BCUT2D eigenvalue weighted by molar-refractivity contribution is -0.159. The van der Waals surface area contributed by atoms with Gasteiger partial charge >= 0.3 is 17.6 Å². The van der Waals surface area contributed by atoms with Crippen LogP contribution in [0.2, 0.25) is 0 Å². The van der Waals surface area contributed by atoms with Gasteiger partial charge in [0.25, 0.3) is 0 Å². The van der Waals surface area contributed by atoms with Crippen LogP contribution in [0.25, 0.3) is 16.5 Å². The van der Waals surface area contributed by atoms with Crippen molar-refractivity contribution in [1.29, 1.82) is 5.26 Å². The SMILES string of the molecule is COC(=O)C(=O)N1C[C@H]2CC1c1c(O)n(-c3cnc(C#N)c4ccccc34)c(=O)n12. The van der Waals surface area contributed by atoms with Crippen molar-refractivity contribution in [2.45, 2.75) is 18.5 Å². The zero-order valence-electron chi connectivity index (χ0n) is 15.8. The van der Waals surface area contributed by atoms with Crippen molar-refractivity contribution in [1.82, 2.24) is 19.0 Å². The molecular weight excluding hydrogens is 390 g/mol. The first-order valence-electron chi connectivity index (χ1n) is 9.21. The van der Waals surface area contributed by atoms with Crippen LogP contribution in [-0.2, 0) is 14.3 Å². The quantitative estimate of drug-likeness (QED) is 0.467. The van der Waals surface area contributed by atoms with Crippen LogP contribution in [0.15, 0.2) is 35.3 Å². The number of amides is 1. The number of pyridine rings is 1. The number of aromatic hydroxyl groups is 1. The van der Waals surface area contributed by atoms with Crippen molar-refractivity contribution in [3.8, 4) is 17.6 Å². The van der Waals surface area contributed by atoms with Crippen molar-refractivity contribution in [2.24, 2.45) is 0 Å². The standard InChI is InChI=1S/C20H15N5O5/c1-30-19(28)18(27)23-9-10-6-14(23)16-17(26)25(20(29)24(10)16)15-8-22-13(7-21)11-4-2-3-5-12(11)15/h2-5,8,10,14,26H,6,9H2,1H3/t10-,14?/m1/s1. The molecule has 1 amide bonds. The molecule has 1 aromatic carbocycles. The molecule has 2 bridgehead atoms. The summed E-state index contributed by atoms with van der Waals surface area (Å²) in [7, 11) is 1.13. The molecule has 2 aliphatic heterocycles. The number of aromatic nitrogens is 3. The van der Waals surface area contributed by atoms with Gasteiger partial charge in [-0.1, -0.05) is 24.3 Å². The van der Waals surface area contributed by atoms with Gasteiger partial charge in [0, 0.05) is 17.3 Å². The highest BCUT2D eigenvalue weighted by Crippen LogP contribution is 2.48. The summed E-state index contributed by atoms with van der Waals surface area (Å²) in [6, 6.07) is 8.05. The Morgan fingerprint density at radius 3 is 2.73 bits per heavy atom. The highest BCUT2D eigenvalue weighted by molar-refractivity contribution is 6.32. The zero-order chi connectivity index (χ0) is 21.2. The van der Waals surface area contributed by atoms with Gasteiger partial charge in [0.15, 0.2) is 0 Å². The summed E-state index contributed by atoms with van der Waals surface area (Å²) in [5.74, 6) is -2.11. The van der Waals surface area contributed by atoms with Crippen LogP contribution < -0.4 is 5.69 Å². The van der Waals surface area contributed by atoms with Gasteiger partial charge in [-0.15, -0.1) is 0 Å². The Morgan fingerprint density at radius 1 is 1.30 bits per heavy atom. The summed E-state index contributed by atoms with van der Waals surface area (Å²) in [6.07, 6.45) is 1.81. The first-order chi connectivity index (χ1) is 14.5. The Kier molecular flexibility index (Phi) is 3.70. The van der Waals surface area contributed by atoms with E-state index in [2.05, 4.69) is 9.72 Å². The molecule has 1 saturated heterocycles.